The van der Waals surface area contributed by atoms with E-state index in [1.165, 1.54) is 0 Å². The van der Waals surface area contributed by atoms with E-state index in [1.807, 2.05) is 0 Å². The summed E-state index contributed by atoms with van der Waals surface area (Å²) in [6.45, 7) is -0.0309. The molecule has 5 rings (SSSR count). The summed E-state index contributed by atoms with van der Waals surface area (Å²) in [7, 11) is 0. The average Bonchev–Trinajstić information content (AvgIpc) is 3.33. The number of tetrazole rings is 1. The van der Waals surface area contributed by atoms with E-state index in [-0.39, 0.29) is 25.3 Å². The standard InChI is InChI=1S/C20H19N7O5/c28-18(21-12-1-2-12)10-26-20(30)27(25-24-26)15-6-3-13(4-7-15)22-19(29)23-14-5-8-16-17(9-14)32-11-31-16/h3-9,12H,1-2,10-11H2,(H,21,28)(H2,22,23,29). The van der Waals surface area contributed by atoms with Crippen molar-refractivity contribution in [3.63, 3.8) is 0 Å². The van der Waals surface area contributed by atoms with Crippen LogP contribution >= 0.6 is 0 Å². The maximum absolute atomic E-state index is 12.5. The molecule has 2 aromatic carbocycles. The van der Waals surface area contributed by atoms with Gasteiger partial charge < -0.3 is 25.4 Å². The number of hydrogen-bond donors (Lipinski definition) is 3. The Balaban J connectivity index is 1.21. The number of rotatable bonds is 6. The first-order valence-corrected chi connectivity index (χ1v) is 9.95. The summed E-state index contributed by atoms with van der Waals surface area (Å²) in [6, 6.07) is 11.3. The zero-order valence-corrected chi connectivity index (χ0v) is 16.8. The molecule has 32 heavy (non-hydrogen) atoms. The summed E-state index contributed by atoms with van der Waals surface area (Å²) in [4.78, 5) is 36.6. The maximum atomic E-state index is 12.5. The van der Waals surface area contributed by atoms with Crippen LogP contribution in [0.4, 0.5) is 16.2 Å². The fraction of sp³-hybridized carbons (Fsp3) is 0.250. The molecule has 12 heteroatoms. The van der Waals surface area contributed by atoms with Gasteiger partial charge in [0.15, 0.2) is 11.5 Å². The van der Waals surface area contributed by atoms with Crippen molar-refractivity contribution < 1.29 is 19.1 Å². The zero-order chi connectivity index (χ0) is 22.1. The van der Waals surface area contributed by atoms with E-state index in [1.54, 1.807) is 42.5 Å². The molecule has 0 spiro atoms. The lowest BCUT2D eigenvalue weighted by Gasteiger charge is -2.09. The minimum atomic E-state index is -0.530. The molecule has 1 aromatic heterocycles. The normalized spacial score (nSPS) is 14.1. The highest BCUT2D eigenvalue weighted by atomic mass is 16.7. The van der Waals surface area contributed by atoms with E-state index in [0.29, 0.717) is 28.6 Å². The van der Waals surface area contributed by atoms with Crippen LogP contribution in [0.1, 0.15) is 12.8 Å². The van der Waals surface area contributed by atoms with Crippen LogP contribution in [0.5, 0.6) is 11.5 Å². The number of benzene rings is 2. The molecule has 3 aromatic rings. The van der Waals surface area contributed by atoms with Crippen LogP contribution in [0.25, 0.3) is 5.69 Å². The molecule has 2 aliphatic rings. The fourth-order valence-electron chi connectivity index (χ4n) is 3.13. The number of aromatic nitrogens is 4. The van der Waals surface area contributed by atoms with Crippen LogP contribution in [0.15, 0.2) is 47.3 Å². The van der Waals surface area contributed by atoms with Gasteiger partial charge in [-0.05, 0) is 59.7 Å². The average molecular weight is 437 g/mol. The molecule has 1 saturated carbocycles. The smallest absolute Gasteiger partial charge is 0.368 e. The Morgan fingerprint density at radius 1 is 0.969 bits per heavy atom. The third kappa shape index (κ3) is 4.24. The van der Waals surface area contributed by atoms with E-state index in [9.17, 15) is 14.4 Å². The Kier molecular flexibility index (Phi) is 4.94. The van der Waals surface area contributed by atoms with Crippen molar-refractivity contribution in [1.29, 1.82) is 0 Å². The van der Waals surface area contributed by atoms with Gasteiger partial charge in [0.1, 0.15) is 6.54 Å². The van der Waals surface area contributed by atoms with Crippen molar-refractivity contribution in [3.05, 3.63) is 52.9 Å². The van der Waals surface area contributed by atoms with Gasteiger partial charge in [-0.3, -0.25) is 4.79 Å². The predicted octanol–water partition coefficient (Wildman–Crippen LogP) is 1.08. The lowest BCUT2D eigenvalue weighted by atomic mass is 10.2. The van der Waals surface area contributed by atoms with Crippen molar-refractivity contribution in [2.75, 3.05) is 17.4 Å². The molecule has 0 bridgehead atoms. The lowest BCUT2D eigenvalue weighted by Crippen LogP contribution is -2.34. The Hall–Kier alpha value is -4.35. The van der Waals surface area contributed by atoms with Crippen LogP contribution in [0.3, 0.4) is 0 Å². The highest BCUT2D eigenvalue weighted by molar-refractivity contribution is 6.00. The van der Waals surface area contributed by atoms with E-state index in [4.69, 9.17) is 9.47 Å². The van der Waals surface area contributed by atoms with Gasteiger partial charge >= 0.3 is 11.7 Å². The Labute approximate surface area is 181 Å². The van der Waals surface area contributed by atoms with Crippen molar-refractivity contribution in [2.24, 2.45) is 0 Å². The minimum absolute atomic E-state index is 0.155. The lowest BCUT2D eigenvalue weighted by molar-refractivity contribution is -0.122. The molecule has 12 nitrogen and oxygen atoms in total. The number of fused-ring (bicyclic) bond motifs is 1. The van der Waals surface area contributed by atoms with Crippen LogP contribution in [-0.4, -0.2) is 44.6 Å². The number of amides is 3. The second kappa shape index (κ2) is 8.06. The zero-order valence-electron chi connectivity index (χ0n) is 16.8. The van der Waals surface area contributed by atoms with Gasteiger partial charge in [0, 0.05) is 23.5 Å². The van der Waals surface area contributed by atoms with E-state index >= 15 is 0 Å². The highest BCUT2D eigenvalue weighted by Gasteiger charge is 2.24. The molecule has 164 valence electrons. The fourth-order valence-corrected chi connectivity index (χ4v) is 3.13. The van der Waals surface area contributed by atoms with Crippen molar-refractivity contribution in [3.8, 4) is 17.2 Å². The van der Waals surface area contributed by atoms with E-state index in [0.717, 1.165) is 22.2 Å². The number of ether oxygens (including phenoxy) is 2. The predicted molar refractivity (Wildman–Crippen MR) is 112 cm³/mol. The molecule has 2 heterocycles. The monoisotopic (exact) mass is 437 g/mol. The minimum Gasteiger partial charge on any atom is -0.454 e. The topological polar surface area (TPSA) is 141 Å². The molecule has 1 aliphatic carbocycles. The van der Waals surface area contributed by atoms with Gasteiger partial charge in [-0.2, -0.15) is 9.36 Å². The summed E-state index contributed by atoms with van der Waals surface area (Å²) in [6.07, 6.45) is 1.92. The van der Waals surface area contributed by atoms with Gasteiger partial charge in [0.2, 0.25) is 12.7 Å². The van der Waals surface area contributed by atoms with Crippen molar-refractivity contribution in [1.82, 2.24) is 25.1 Å². The molecule has 0 saturated heterocycles. The molecular formula is C20H19N7O5. The largest absolute Gasteiger partial charge is 0.454 e. The van der Waals surface area contributed by atoms with E-state index in [2.05, 4.69) is 26.4 Å². The molecule has 1 fully saturated rings. The summed E-state index contributed by atoms with van der Waals surface area (Å²) < 4.78 is 12.6. The second-order valence-corrected chi connectivity index (χ2v) is 7.37. The molecule has 0 radical (unpaired) electrons. The maximum Gasteiger partial charge on any atom is 0.368 e. The molecule has 0 unspecified atom stereocenters. The number of anilines is 2. The van der Waals surface area contributed by atoms with Gasteiger partial charge in [0.25, 0.3) is 0 Å². The van der Waals surface area contributed by atoms with Crippen molar-refractivity contribution in [2.45, 2.75) is 25.4 Å². The summed E-state index contributed by atoms with van der Waals surface area (Å²) >= 11 is 0. The Bertz CT molecular complexity index is 1230. The summed E-state index contributed by atoms with van der Waals surface area (Å²) in [5.74, 6) is 0.924. The van der Waals surface area contributed by atoms with Crippen molar-refractivity contribution >= 4 is 23.3 Å². The number of carbonyl (C=O) groups is 2. The Morgan fingerprint density at radius 3 is 2.47 bits per heavy atom. The molecular weight excluding hydrogens is 418 g/mol. The first-order valence-electron chi connectivity index (χ1n) is 9.95. The molecule has 1 aliphatic heterocycles. The number of urea groups is 1. The number of hydrogen-bond acceptors (Lipinski definition) is 7. The highest BCUT2D eigenvalue weighted by Crippen LogP contribution is 2.34. The van der Waals surface area contributed by atoms with Crippen LogP contribution < -0.4 is 31.1 Å². The van der Waals surface area contributed by atoms with Gasteiger partial charge in [-0.25, -0.2) is 9.59 Å². The van der Waals surface area contributed by atoms with Gasteiger partial charge in [0.05, 0.1) is 5.69 Å². The van der Waals surface area contributed by atoms with E-state index < -0.39 is 11.7 Å². The molecule has 3 amide bonds. The Morgan fingerprint density at radius 2 is 1.69 bits per heavy atom. The number of carbonyl (C=O) groups excluding carboxylic acids is 2. The van der Waals surface area contributed by atoms with Crippen LogP contribution in [0, 0.1) is 0 Å². The first kappa shape index (κ1) is 19.6. The van der Waals surface area contributed by atoms with Gasteiger partial charge in [-0.1, -0.05) is 0 Å². The van der Waals surface area contributed by atoms with Crippen LogP contribution in [-0.2, 0) is 11.3 Å². The third-order valence-electron chi connectivity index (χ3n) is 4.88. The second-order valence-electron chi connectivity index (χ2n) is 7.37. The van der Waals surface area contributed by atoms with Crippen LogP contribution in [0.2, 0.25) is 0 Å². The number of nitrogens with one attached hydrogen (secondary N) is 3. The molecule has 0 atom stereocenters. The summed E-state index contributed by atoms with van der Waals surface area (Å²) in [5.41, 5.74) is 0.983. The SMILES string of the molecule is O=C(Cn1nnn(-c2ccc(NC(=O)Nc3ccc4c(c3)OCO4)cc2)c1=O)NC1CC1. The molecule has 3 N–H and O–H groups in total. The number of nitrogens with zero attached hydrogens (tertiary/aromatic N) is 4. The first-order chi connectivity index (χ1) is 15.5. The quantitative estimate of drug-likeness (QED) is 0.524. The van der Waals surface area contributed by atoms with Gasteiger partial charge in [-0.15, -0.1) is 0 Å². The summed E-state index contributed by atoms with van der Waals surface area (Å²) in [5, 5.41) is 15.8. The third-order valence-corrected chi connectivity index (χ3v) is 4.88.